The largest absolute Gasteiger partial charge is 0.416 e. The molecule has 2 aromatic heterocycles. The lowest BCUT2D eigenvalue weighted by molar-refractivity contribution is -0.138. The molecule has 7 nitrogen and oxygen atoms in total. The number of aromatic nitrogens is 4. The first-order valence-corrected chi connectivity index (χ1v) is 10.6. The minimum atomic E-state index is -4.42. The first kappa shape index (κ1) is 20.7. The topological polar surface area (TPSA) is 75.4 Å². The Hall–Kier alpha value is -3.17. The second kappa shape index (κ2) is 7.18. The van der Waals surface area contributed by atoms with Gasteiger partial charge in [0.05, 0.1) is 30.4 Å². The second-order valence-corrected chi connectivity index (χ2v) is 8.62. The summed E-state index contributed by atoms with van der Waals surface area (Å²) in [5.74, 6) is 1.83. The number of halogens is 3. The summed E-state index contributed by atoms with van der Waals surface area (Å²) in [5, 5.41) is 11.5. The Morgan fingerprint density at radius 2 is 1.94 bits per heavy atom. The number of fused-ring (bicyclic) bond motifs is 3. The monoisotopic (exact) mass is 444 g/mol. The molecule has 32 heavy (non-hydrogen) atoms. The summed E-state index contributed by atoms with van der Waals surface area (Å²) in [6.07, 6.45) is -2.58. The molecule has 0 saturated heterocycles. The summed E-state index contributed by atoms with van der Waals surface area (Å²) < 4.78 is 42.0. The molecule has 2 aliphatic rings. The van der Waals surface area contributed by atoms with Crippen molar-refractivity contribution in [3.8, 4) is 0 Å². The summed E-state index contributed by atoms with van der Waals surface area (Å²) in [5.41, 5.74) is 1.82. The Balaban J connectivity index is 1.52. The van der Waals surface area contributed by atoms with Crippen molar-refractivity contribution in [1.82, 2.24) is 24.5 Å². The molecule has 0 unspecified atom stereocenters. The first-order chi connectivity index (χ1) is 15.1. The zero-order chi connectivity index (χ0) is 22.8. The second-order valence-electron chi connectivity index (χ2n) is 8.62. The number of benzene rings is 1. The van der Waals surface area contributed by atoms with E-state index < -0.39 is 17.8 Å². The van der Waals surface area contributed by atoms with E-state index >= 15 is 0 Å². The highest BCUT2D eigenvalue weighted by molar-refractivity contribution is 5.82. The van der Waals surface area contributed by atoms with Crippen molar-refractivity contribution < 1.29 is 18.0 Å². The number of amides is 1. The summed E-state index contributed by atoms with van der Waals surface area (Å²) in [6, 6.07) is 3.76. The minimum Gasteiger partial charge on any atom is -0.363 e. The van der Waals surface area contributed by atoms with Gasteiger partial charge in [0.2, 0.25) is 5.91 Å². The molecule has 1 fully saturated rings. The van der Waals surface area contributed by atoms with Gasteiger partial charge >= 0.3 is 6.18 Å². The van der Waals surface area contributed by atoms with Gasteiger partial charge in [0.1, 0.15) is 11.6 Å². The number of alkyl halides is 3. The van der Waals surface area contributed by atoms with E-state index in [2.05, 4.69) is 20.5 Å². The number of nitrogens with zero attached hydrogens (tertiary/aromatic N) is 5. The average Bonchev–Trinajstić information content (AvgIpc) is 3.38. The number of hydrogen-bond acceptors (Lipinski definition) is 5. The maximum absolute atomic E-state index is 13.4. The quantitative estimate of drug-likeness (QED) is 0.653. The standard InChI is InChI=1S/C22H23F3N6O/c1-11-15(5-4-6-17(11)22(23,24)25)12(2)26-19-16-9-30(20(32)14-7-8-14)10-18(16)31-13(3)28-29-21(31)27-19/h4-6,12,14H,7-10H2,1-3H3,(H,26,27,29)/t12-/m1/s1. The zero-order valence-electron chi connectivity index (χ0n) is 18.0. The molecule has 1 aliphatic carbocycles. The molecule has 10 heteroatoms. The van der Waals surface area contributed by atoms with Crippen LogP contribution in [0, 0.1) is 19.8 Å². The summed E-state index contributed by atoms with van der Waals surface area (Å²) in [7, 11) is 0. The van der Waals surface area contributed by atoms with Gasteiger partial charge in [0.25, 0.3) is 5.78 Å². The van der Waals surface area contributed by atoms with Crippen LogP contribution in [0.5, 0.6) is 0 Å². The Bertz CT molecular complexity index is 1230. The molecule has 1 atom stereocenters. The molecular formula is C22H23F3N6O. The third kappa shape index (κ3) is 3.37. The number of rotatable bonds is 4. The van der Waals surface area contributed by atoms with Crippen LogP contribution in [0.1, 0.15) is 59.6 Å². The molecule has 1 saturated carbocycles. The van der Waals surface area contributed by atoms with E-state index in [1.807, 2.05) is 16.2 Å². The molecular weight excluding hydrogens is 421 g/mol. The lowest BCUT2D eigenvalue weighted by atomic mass is 9.97. The van der Waals surface area contributed by atoms with E-state index in [9.17, 15) is 18.0 Å². The van der Waals surface area contributed by atoms with Gasteiger partial charge in [0, 0.05) is 11.5 Å². The van der Waals surface area contributed by atoms with Crippen LogP contribution in [0.2, 0.25) is 0 Å². The van der Waals surface area contributed by atoms with E-state index in [1.54, 1.807) is 13.0 Å². The first-order valence-electron chi connectivity index (χ1n) is 10.6. The lowest BCUT2D eigenvalue weighted by Crippen LogP contribution is -2.26. The minimum absolute atomic E-state index is 0.0952. The van der Waals surface area contributed by atoms with Crippen molar-refractivity contribution in [3.63, 3.8) is 0 Å². The maximum atomic E-state index is 13.4. The number of hydrogen-bond donors (Lipinski definition) is 1. The molecule has 1 N–H and O–H groups in total. The SMILES string of the molecule is Cc1c([C@@H](C)Nc2nc3nnc(C)n3c3c2CN(C(=O)C2CC2)C3)cccc1C(F)(F)F. The molecule has 0 spiro atoms. The van der Waals surface area contributed by atoms with Crippen LogP contribution in [0.4, 0.5) is 19.0 Å². The van der Waals surface area contributed by atoms with Gasteiger partial charge in [-0.25, -0.2) is 0 Å². The summed E-state index contributed by atoms with van der Waals surface area (Å²) >= 11 is 0. The highest BCUT2D eigenvalue weighted by atomic mass is 19.4. The Kier molecular flexibility index (Phi) is 4.65. The smallest absolute Gasteiger partial charge is 0.363 e. The fraction of sp³-hybridized carbons (Fsp3) is 0.455. The average molecular weight is 444 g/mol. The molecule has 0 radical (unpaired) electrons. The van der Waals surface area contributed by atoms with E-state index in [0.717, 1.165) is 30.2 Å². The maximum Gasteiger partial charge on any atom is 0.416 e. The van der Waals surface area contributed by atoms with Crippen molar-refractivity contribution in [1.29, 1.82) is 0 Å². The molecule has 3 heterocycles. The highest BCUT2D eigenvalue weighted by Gasteiger charge is 2.38. The van der Waals surface area contributed by atoms with Crippen LogP contribution in [0.25, 0.3) is 5.78 Å². The summed E-state index contributed by atoms with van der Waals surface area (Å²) in [6.45, 7) is 5.96. The van der Waals surface area contributed by atoms with Gasteiger partial charge < -0.3 is 10.2 Å². The lowest BCUT2D eigenvalue weighted by Gasteiger charge is -2.21. The Morgan fingerprint density at radius 3 is 2.62 bits per heavy atom. The van der Waals surface area contributed by atoms with Gasteiger partial charge in [-0.3, -0.25) is 9.20 Å². The van der Waals surface area contributed by atoms with Gasteiger partial charge in [-0.1, -0.05) is 12.1 Å². The fourth-order valence-corrected chi connectivity index (χ4v) is 4.51. The molecule has 1 aliphatic heterocycles. The van der Waals surface area contributed by atoms with Crippen molar-refractivity contribution in [2.45, 2.75) is 58.9 Å². The zero-order valence-corrected chi connectivity index (χ0v) is 18.0. The van der Waals surface area contributed by atoms with Gasteiger partial charge in [-0.2, -0.15) is 18.2 Å². The molecule has 1 amide bonds. The van der Waals surface area contributed by atoms with E-state index in [1.165, 1.54) is 13.0 Å². The fourth-order valence-electron chi connectivity index (χ4n) is 4.51. The van der Waals surface area contributed by atoms with Crippen LogP contribution in [-0.4, -0.2) is 30.4 Å². The van der Waals surface area contributed by atoms with Crippen molar-refractivity contribution in [2.24, 2.45) is 5.92 Å². The van der Waals surface area contributed by atoms with Gasteiger partial charge in [-0.05, 0) is 50.8 Å². The number of aryl methyl sites for hydroxylation is 1. The Morgan fingerprint density at radius 1 is 1.19 bits per heavy atom. The molecule has 0 bridgehead atoms. The predicted molar refractivity (Wildman–Crippen MR) is 111 cm³/mol. The number of nitrogens with one attached hydrogen (secondary N) is 1. The molecule has 5 rings (SSSR count). The van der Waals surface area contributed by atoms with E-state index in [4.69, 9.17) is 0 Å². The Labute approximate surface area is 182 Å². The van der Waals surface area contributed by atoms with Crippen LogP contribution >= 0.6 is 0 Å². The highest BCUT2D eigenvalue weighted by Crippen LogP contribution is 2.38. The number of anilines is 1. The number of carbonyl (C=O) groups is 1. The third-order valence-electron chi connectivity index (χ3n) is 6.35. The van der Waals surface area contributed by atoms with Crippen LogP contribution in [0.3, 0.4) is 0 Å². The molecule has 1 aromatic carbocycles. The van der Waals surface area contributed by atoms with Crippen LogP contribution < -0.4 is 5.32 Å². The van der Waals surface area contributed by atoms with Crippen molar-refractivity contribution in [3.05, 3.63) is 52.0 Å². The van der Waals surface area contributed by atoms with Crippen LogP contribution in [0.15, 0.2) is 18.2 Å². The molecule has 168 valence electrons. The van der Waals surface area contributed by atoms with Gasteiger partial charge in [0.15, 0.2) is 0 Å². The normalized spacial score (nSPS) is 17.0. The predicted octanol–water partition coefficient (Wildman–Crippen LogP) is 4.19. The summed E-state index contributed by atoms with van der Waals surface area (Å²) in [4.78, 5) is 19.1. The van der Waals surface area contributed by atoms with Crippen molar-refractivity contribution in [2.75, 3.05) is 5.32 Å². The van der Waals surface area contributed by atoms with Crippen LogP contribution in [-0.2, 0) is 24.1 Å². The van der Waals surface area contributed by atoms with Crippen molar-refractivity contribution >= 4 is 17.5 Å². The van der Waals surface area contributed by atoms with E-state index in [0.29, 0.717) is 36.1 Å². The molecule has 3 aromatic rings. The van der Waals surface area contributed by atoms with E-state index in [-0.39, 0.29) is 17.4 Å². The number of carbonyl (C=O) groups excluding carboxylic acids is 1. The third-order valence-corrected chi connectivity index (χ3v) is 6.35. The van der Waals surface area contributed by atoms with Gasteiger partial charge in [-0.15, -0.1) is 10.2 Å².